The maximum atomic E-state index is 6.06. The fourth-order valence-electron chi connectivity index (χ4n) is 1.66. The summed E-state index contributed by atoms with van der Waals surface area (Å²) in [5, 5.41) is 5.27. The third-order valence-electron chi connectivity index (χ3n) is 2.28. The van der Waals surface area contributed by atoms with Gasteiger partial charge in [0, 0.05) is 5.56 Å². The normalized spacial score (nSPS) is 12.3. The molecule has 0 aliphatic carbocycles. The number of hydrogen-bond acceptors (Lipinski definition) is 4. The number of fused-ring (bicyclic) bond motifs is 1. The lowest BCUT2D eigenvalue weighted by Gasteiger charge is -2.16. The van der Waals surface area contributed by atoms with E-state index in [1.807, 2.05) is 12.5 Å². The highest BCUT2D eigenvalue weighted by molar-refractivity contribution is 7.98. The van der Waals surface area contributed by atoms with Gasteiger partial charge in [0.05, 0.1) is 6.20 Å². The first-order valence-corrected chi connectivity index (χ1v) is 6.95. The predicted octanol–water partition coefficient (Wildman–Crippen LogP) is 3.09. The van der Waals surface area contributed by atoms with Crippen molar-refractivity contribution in [2.24, 2.45) is 5.41 Å². The van der Waals surface area contributed by atoms with Gasteiger partial charge in [-0.05, 0) is 29.7 Å². The molecule has 0 bridgehead atoms. The Bertz CT molecular complexity index is 544. The molecule has 2 rings (SSSR count). The molecule has 0 atom stereocenters. The fraction of sp³-hybridized carbons (Fsp3) is 0.545. The number of halogens is 1. The van der Waals surface area contributed by atoms with Crippen LogP contribution < -0.4 is 0 Å². The van der Waals surface area contributed by atoms with Crippen molar-refractivity contribution in [3.8, 4) is 0 Å². The zero-order valence-corrected chi connectivity index (χ0v) is 11.9. The van der Waals surface area contributed by atoms with Gasteiger partial charge < -0.3 is 0 Å². The lowest BCUT2D eigenvalue weighted by molar-refractivity contribution is 0.412. The highest BCUT2D eigenvalue weighted by Crippen LogP contribution is 2.24. The molecule has 0 saturated carbocycles. The van der Waals surface area contributed by atoms with Crippen LogP contribution in [0.15, 0.2) is 11.4 Å². The Morgan fingerprint density at radius 2 is 2.06 bits per heavy atom. The third kappa shape index (κ3) is 2.72. The highest BCUT2D eigenvalue weighted by Gasteiger charge is 2.17. The van der Waals surface area contributed by atoms with Crippen LogP contribution in [0.25, 0.3) is 5.65 Å². The van der Waals surface area contributed by atoms with Crippen molar-refractivity contribution in [1.82, 2.24) is 19.6 Å². The molecule has 0 spiro atoms. The van der Waals surface area contributed by atoms with Gasteiger partial charge in [-0.2, -0.15) is 14.6 Å². The quantitative estimate of drug-likeness (QED) is 0.787. The summed E-state index contributed by atoms with van der Waals surface area (Å²) >= 11 is 7.54. The van der Waals surface area contributed by atoms with Crippen molar-refractivity contribution in [3.63, 3.8) is 0 Å². The van der Waals surface area contributed by atoms with Crippen molar-refractivity contribution < 1.29 is 0 Å². The predicted molar refractivity (Wildman–Crippen MR) is 70.7 cm³/mol. The Kier molecular flexibility index (Phi) is 3.32. The van der Waals surface area contributed by atoms with Gasteiger partial charge in [-0.25, -0.2) is 4.98 Å². The number of hydrogen-bond donors (Lipinski definition) is 0. The fourth-order valence-corrected chi connectivity index (χ4v) is 2.27. The maximum absolute atomic E-state index is 6.06. The molecule has 0 radical (unpaired) electrons. The van der Waals surface area contributed by atoms with Crippen LogP contribution >= 0.6 is 23.4 Å². The van der Waals surface area contributed by atoms with Crippen LogP contribution in [-0.4, -0.2) is 25.8 Å². The smallest absolute Gasteiger partial charge is 0.203 e. The molecule has 2 aromatic heterocycles. The van der Waals surface area contributed by atoms with Crippen LogP contribution in [0, 0.1) is 5.41 Å². The molecule has 0 aromatic carbocycles. The van der Waals surface area contributed by atoms with E-state index in [4.69, 9.17) is 11.6 Å². The second-order valence-electron chi connectivity index (χ2n) is 5.12. The molecule has 0 saturated heterocycles. The summed E-state index contributed by atoms with van der Waals surface area (Å²) in [5.74, 6) is 0. The molecule has 6 heteroatoms. The molecule has 0 fully saturated rings. The Morgan fingerprint density at radius 1 is 1.35 bits per heavy atom. The summed E-state index contributed by atoms with van der Waals surface area (Å²) in [5.41, 5.74) is 2.11. The van der Waals surface area contributed by atoms with Gasteiger partial charge in [-0.15, -0.1) is 0 Å². The Morgan fingerprint density at radius 3 is 2.65 bits per heavy atom. The minimum Gasteiger partial charge on any atom is -0.203 e. The first-order chi connectivity index (χ1) is 7.90. The standard InChI is InChI=1S/C11H15ClN4S/c1-11(2,3)5-7-6-13-16-8(7)14-10(17-4)15-9(16)12/h6H,5H2,1-4H3. The van der Waals surface area contributed by atoms with Crippen molar-refractivity contribution in [2.75, 3.05) is 6.26 Å². The van der Waals surface area contributed by atoms with E-state index in [2.05, 4.69) is 35.8 Å². The molecule has 92 valence electrons. The van der Waals surface area contributed by atoms with Gasteiger partial charge >= 0.3 is 0 Å². The van der Waals surface area contributed by atoms with Crippen molar-refractivity contribution in [2.45, 2.75) is 32.3 Å². The third-order valence-corrected chi connectivity index (χ3v) is 3.08. The van der Waals surface area contributed by atoms with Crippen LogP contribution in [0.2, 0.25) is 5.28 Å². The first-order valence-electron chi connectivity index (χ1n) is 5.35. The highest BCUT2D eigenvalue weighted by atomic mass is 35.5. The molecule has 0 aliphatic heterocycles. The number of thioether (sulfide) groups is 1. The van der Waals surface area contributed by atoms with Gasteiger partial charge in [0.2, 0.25) is 5.28 Å². The Hall–Kier alpha value is -0.810. The maximum Gasteiger partial charge on any atom is 0.228 e. The van der Waals surface area contributed by atoms with Crippen molar-refractivity contribution >= 4 is 29.0 Å². The van der Waals surface area contributed by atoms with E-state index >= 15 is 0 Å². The van der Waals surface area contributed by atoms with Crippen LogP contribution in [0.4, 0.5) is 0 Å². The Labute approximate surface area is 110 Å². The lowest BCUT2D eigenvalue weighted by atomic mass is 9.89. The molecule has 17 heavy (non-hydrogen) atoms. The van der Waals surface area contributed by atoms with E-state index in [0.717, 1.165) is 17.6 Å². The molecular weight excluding hydrogens is 256 g/mol. The summed E-state index contributed by atoms with van der Waals surface area (Å²) in [7, 11) is 0. The zero-order valence-electron chi connectivity index (χ0n) is 10.4. The summed E-state index contributed by atoms with van der Waals surface area (Å²) in [6, 6.07) is 0. The van der Waals surface area contributed by atoms with E-state index in [1.54, 1.807) is 4.52 Å². The molecule has 2 heterocycles. The van der Waals surface area contributed by atoms with Crippen molar-refractivity contribution in [1.29, 1.82) is 0 Å². The SMILES string of the molecule is CSc1nc(Cl)n2ncc(CC(C)(C)C)c2n1. The molecule has 2 aromatic rings. The van der Waals surface area contributed by atoms with E-state index < -0.39 is 0 Å². The largest absolute Gasteiger partial charge is 0.228 e. The summed E-state index contributed by atoms with van der Waals surface area (Å²) in [4.78, 5) is 8.61. The average Bonchev–Trinajstić information content (AvgIpc) is 2.59. The number of aromatic nitrogens is 4. The molecule has 0 amide bonds. The monoisotopic (exact) mass is 270 g/mol. The second kappa shape index (κ2) is 4.46. The summed E-state index contributed by atoms with van der Waals surface area (Å²) in [6.07, 6.45) is 4.67. The van der Waals surface area contributed by atoms with E-state index in [9.17, 15) is 0 Å². The van der Waals surface area contributed by atoms with E-state index in [-0.39, 0.29) is 5.41 Å². The molecule has 0 unspecified atom stereocenters. The zero-order chi connectivity index (χ0) is 12.6. The minimum atomic E-state index is 0.195. The number of rotatable bonds is 2. The van der Waals surface area contributed by atoms with Gasteiger partial charge in [0.1, 0.15) is 0 Å². The number of nitrogens with zero attached hydrogens (tertiary/aromatic N) is 4. The van der Waals surface area contributed by atoms with Crippen LogP contribution in [0.3, 0.4) is 0 Å². The lowest BCUT2D eigenvalue weighted by Crippen LogP contribution is -2.09. The Balaban J connectivity index is 2.55. The van der Waals surface area contributed by atoms with Crippen molar-refractivity contribution in [3.05, 3.63) is 17.0 Å². The summed E-state index contributed by atoms with van der Waals surface area (Å²) in [6.45, 7) is 6.57. The van der Waals surface area contributed by atoms with Crippen LogP contribution in [-0.2, 0) is 6.42 Å². The average molecular weight is 271 g/mol. The van der Waals surface area contributed by atoms with Gasteiger partial charge in [0.15, 0.2) is 10.8 Å². The van der Waals surface area contributed by atoms with Crippen LogP contribution in [0.5, 0.6) is 0 Å². The van der Waals surface area contributed by atoms with Gasteiger partial charge in [0.25, 0.3) is 0 Å². The van der Waals surface area contributed by atoms with Gasteiger partial charge in [-0.3, -0.25) is 0 Å². The molecule has 0 N–H and O–H groups in total. The van der Waals surface area contributed by atoms with Crippen LogP contribution in [0.1, 0.15) is 26.3 Å². The second-order valence-corrected chi connectivity index (χ2v) is 6.23. The molecular formula is C11H15ClN4S. The minimum absolute atomic E-state index is 0.195. The topological polar surface area (TPSA) is 43.1 Å². The molecule has 0 aliphatic rings. The first kappa shape index (κ1) is 12.6. The summed E-state index contributed by atoms with van der Waals surface area (Å²) < 4.78 is 1.59. The van der Waals surface area contributed by atoms with E-state index in [1.165, 1.54) is 11.8 Å². The molecule has 4 nitrogen and oxygen atoms in total. The van der Waals surface area contributed by atoms with E-state index in [0.29, 0.717) is 10.4 Å². The van der Waals surface area contributed by atoms with Gasteiger partial charge in [-0.1, -0.05) is 32.5 Å².